The molecule has 0 aromatic carbocycles. The average Bonchev–Trinajstić information content (AvgIpc) is 3.51. The lowest BCUT2D eigenvalue weighted by atomic mass is 10.2. The molecule has 156 valence electrons. The molecule has 11 heteroatoms. The monoisotopic (exact) mass is 444 g/mol. The number of rotatable bonds is 6. The Morgan fingerprint density at radius 3 is 2.93 bits per heavy atom. The van der Waals surface area contributed by atoms with Gasteiger partial charge in [-0.1, -0.05) is 11.8 Å². The van der Waals surface area contributed by atoms with Crippen LogP contribution < -0.4 is 10.5 Å². The van der Waals surface area contributed by atoms with Gasteiger partial charge in [-0.3, -0.25) is 9.36 Å². The Labute approximate surface area is 180 Å². The van der Waals surface area contributed by atoms with Gasteiger partial charge >= 0.3 is 0 Å². The Morgan fingerprint density at radius 1 is 1.30 bits per heavy atom. The number of aromatic nitrogens is 5. The highest BCUT2D eigenvalue weighted by Gasteiger charge is 2.20. The Hall–Kier alpha value is -2.63. The lowest BCUT2D eigenvalue weighted by molar-refractivity contribution is 0.121. The average molecular weight is 445 g/mol. The third kappa shape index (κ3) is 3.53. The highest BCUT2D eigenvalue weighted by Crippen LogP contribution is 2.31. The van der Waals surface area contributed by atoms with Crippen molar-refractivity contribution in [2.75, 3.05) is 31.2 Å². The first-order valence-corrected chi connectivity index (χ1v) is 11.5. The zero-order chi connectivity index (χ0) is 20.5. The largest absolute Gasteiger partial charge is 0.464 e. The number of ether oxygens (including phenoxy) is 1. The number of H-pyrrole nitrogens is 1. The molecule has 1 saturated heterocycles. The molecule has 9 nitrogen and oxygen atoms in total. The zero-order valence-electron chi connectivity index (χ0n) is 16.3. The Morgan fingerprint density at radius 2 is 2.17 bits per heavy atom. The molecular weight excluding hydrogens is 424 g/mol. The minimum absolute atomic E-state index is 0.158. The lowest BCUT2D eigenvalue weighted by Crippen LogP contribution is -2.38. The van der Waals surface area contributed by atoms with Gasteiger partial charge in [-0.15, -0.1) is 21.5 Å². The van der Waals surface area contributed by atoms with E-state index >= 15 is 0 Å². The van der Waals surface area contributed by atoms with Crippen molar-refractivity contribution in [2.45, 2.75) is 24.4 Å². The first-order valence-electron chi connectivity index (χ1n) is 9.67. The van der Waals surface area contributed by atoms with Crippen LogP contribution in [-0.2, 0) is 17.0 Å². The Balaban J connectivity index is 1.38. The minimum Gasteiger partial charge on any atom is -0.464 e. The summed E-state index contributed by atoms with van der Waals surface area (Å²) in [5, 5.41) is 12.0. The molecule has 4 aromatic heterocycles. The number of thiophene rings is 1. The summed E-state index contributed by atoms with van der Waals surface area (Å²) in [5.74, 6) is 2.65. The fourth-order valence-electron chi connectivity index (χ4n) is 3.47. The van der Waals surface area contributed by atoms with Crippen LogP contribution in [0, 0.1) is 0 Å². The predicted octanol–water partition coefficient (Wildman–Crippen LogP) is 2.98. The fraction of sp³-hybridized carbons (Fsp3) is 0.368. The summed E-state index contributed by atoms with van der Waals surface area (Å²) in [5.41, 5.74) is 0.614. The molecule has 0 spiro atoms. The van der Waals surface area contributed by atoms with E-state index in [1.807, 2.05) is 11.4 Å². The van der Waals surface area contributed by atoms with Crippen molar-refractivity contribution >= 4 is 39.3 Å². The zero-order valence-corrected chi connectivity index (χ0v) is 18.0. The molecule has 0 amide bonds. The van der Waals surface area contributed by atoms with E-state index in [9.17, 15) is 4.79 Å². The summed E-state index contributed by atoms with van der Waals surface area (Å²) in [4.78, 5) is 23.2. The highest BCUT2D eigenvalue weighted by atomic mass is 32.2. The van der Waals surface area contributed by atoms with E-state index in [2.05, 4.69) is 36.6 Å². The maximum Gasteiger partial charge on any atom is 0.260 e. The van der Waals surface area contributed by atoms with Crippen LogP contribution in [0.3, 0.4) is 0 Å². The molecule has 4 aromatic rings. The molecule has 1 N–H and O–H groups in total. The SMILES string of the molecule is CCn1c(SCc2nc3scc(-c4ccco4)c3c(=O)[nH]2)nnc1N1CCOCC1. The van der Waals surface area contributed by atoms with E-state index < -0.39 is 0 Å². The van der Waals surface area contributed by atoms with Crippen LogP contribution in [0.2, 0.25) is 0 Å². The van der Waals surface area contributed by atoms with Gasteiger partial charge in [-0.25, -0.2) is 4.98 Å². The molecular formula is C19H20N6O3S2. The fourth-order valence-corrected chi connectivity index (χ4v) is 5.28. The van der Waals surface area contributed by atoms with Gasteiger partial charge in [0.2, 0.25) is 5.95 Å². The normalized spacial score (nSPS) is 14.6. The number of furan rings is 1. The number of thioether (sulfide) groups is 1. The van der Waals surface area contributed by atoms with Crippen LogP contribution in [0.5, 0.6) is 0 Å². The maximum atomic E-state index is 12.7. The minimum atomic E-state index is -0.158. The molecule has 0 radical (unpaired) electrons. The molecule has 1 aliphatic heterocycles. The van der Waals surface area contributed by atoms with Gasteiger partial charge in [0, 0.05) is 30.6 Å². The van der Waals surface area contributed by atoms with E-state index in [1.165, 1.54) is 23.1 Å². The van der Waals surface area contributed by atoms with Crippen LogP contribution in [0.15, 0.2) is 38.1 Å². The summed E-state index contributed by atoms with van der Waals surface area (Å²) in [6, 6.07) is 3.65. The van der Waals surface area contributed by atoms with Crippen LogP contribution in [0.1, 0.15) is 12.7 Å². The van der Waals surface area contributed by atoms with Crippen LogP contribution in [0.25, 0.3) is 21.5 Å². The molecule has 0 bridgehead atoms. The van der Waals surface area contributed by atoms with E-state index in [0.29, 0.717) is 40.8 Å². The highest BCUT2D eigenvalue weighted by molar-refractivity contribution is 7.98. The van der Waals surface area contributed by atoms with E-state index in [-0.39, 0.29) is 5.56 Å². The Kier molecular flexibility index (Phi) is 5.32. The van der Waals surface area contributed by atoms with E-state index in [4.69, 9.17) is 9.15 Å². The molecule has 0 saturated carbocycles. The smallest absolute Gasteiger partial charge is 0.260 e. The van der Waals surface area contributed by atoms with Gasteiger partial charge in [0.1, 0.15) is 16.4 Å². The number of nitrogens with zero attached hydrogens (tertiary/aromatic N) is 5. The second-order valence-corrected chi connectivity index (χ2v) is 8.53. The third-order valence-corrected chi connectivity index (χ3v) is 6.78. The molecule has 1 fully saturated rings. The Bertz CT molecular complexity index is 1210. The summed E-state index contributed by atoms with van der Waals surface area (Å²) < 4.78 is 13.0. The third-order valence-electron chi connectivity index (χ3n) is 4.93. The van der Waals surface area contributed by atoms with Gasteiger partial charge in [-0.05, 0) is 19.1 Å². The summed E-state index contributed by atoms with van der Waals surface area (Å²) in [6.45, 7) is 5.86. The van der Waals surface area contributed by atoms with Gasteiger partial charge in [0.25, 0.3) is 5.56 Å². The van der Waals surface area contributed by atoms with Crippen LogP contribution in [0.4, 0.5) is 5.95 Å². The first-order chi connectivity index (χ1) is 14.7. The second kappa shape index (κ2) is 8.25. The van der Waals surface area contributed by atoms with Crippen molar-refractivity contribution in [3.63, 3.8) is 0 Å². The van der Waals surface area contributed by atoms with Crippen molar-refractivity contribution in [1.82, 2.24) is 24.7 Å². The van der Waals surface area contributed by atoms with E-state index in [1.54, 1.807) is 12.3 Å². The van der Waals surface area contributed by atoms with Crippen molar-refractivity contribution in [3.05, 3.63) is 40.0 Å². The molecule has 0 unspecified atom stereocenters. The quantitative estimate of drug-likeness (QED) is 0.453. The van der Waals surface area contributed by atoms with Gasteiger partial charge < -0.3 is 19.0 Å². The van der Waals surface area contributed by atoms with Gasteiger partial charge in [-0.2, -0.15) is 0 Å². The predicted molar refractivity (Wildman–Crippen MR) is 116 cm³/mol. The molecule has 5 heterocycles. The molecule has 30 heavy (non-hydrogen) atoms. The number of nitrogens with one attached hydrogen (secondary N) is 1. The number of hydrogen-bond donors (Lipinski definition) is 1. The van der Waals surface area contributed by atoms with E-state index in [0.717, 1.165) is 36.3 Å². The lowest BCUT2D eigenvalue weighted by Gasteiger charge is -2.27. The van der Waals surface area contributed by atoms with Crippen LogP contribution >= 0.6 is 23.1 Å². The molecule has 0 atom stereocenters. The number of morpholine rings is 1. The van der Waals surface area contributed by atoms with Gasteiger partial charge in [0.05, 0.1) is 30.6 Å². The number of hydrogen-bond acceptors (Lipinski definition) is 9. The van der Waals surface area contributed by atoms with Crippen molar-refractivity contribution in [2.24, 2.45) is 0 Å². The number of anilines is 1. The second-order valence-electron chi connectivity index (χ2n) is 6.73. The van der Waals surface area contributed by atoms with Crippen molar-refractivity contribution < 1.29 is 9.15 Å². The molecule has 5 rings (SSSR count). The van der Waals surface area contributed by atoms with Crippen molar-refractivity contribution in [1.29, 1.82) is 0 Å². The number of fused-ring (bicyclic) bond motifs is 1. The standard InChI is InChI=1S/C19H20N6O3S2/c1-2-25-18(24-5-8-27-9-6-24)22-23-19(25)30-11-14-20-16(26)15-12(10-29-17(15)21-14)13-4-3-7-28-13/h3-4,7,10H,2,5-6,8-9,11H2,1H3,(H,20,21,26). The van der Waals surface area contributed by atoms with Gasteiger partial charge in [0.15, 0.2) is 5.16 Å². The molecule has 1 aliphatic rings. The summed E-state index contributed by atoms with van der Waals surface area (Å²) >= 11 is 2.96. The number of aromatic amines is 1. The van der Waals surface area contributed by atoms with Crippen LogP contribution in [-0.4, -0.2) is 51.0 Å². The topological polar surface area (TPSA) is 102 Å². The summed E-state index contributed by atoms with van der Waals surface area (Å²) in [7, 11) is 0. The first kappa shape index (κ1) is 19.3. The maximum absolute atomic E-state index is 12.7. The van der Waals surface area contributed by atoms with Crippen molar-refractivity contribution in [3.8, 4) is 11.3 Å². The summed E-state index contributed by atoms with van der Waals surface area (Å²) in [6.07, 6.45) is 1.60. The molecule has 0 aliphatic carbocycles.